The Hall–Kier alpha value is -2.98. The molecule has 2 amide bonds. The third-order valence-corrected chi connectivity index (χ3v) is 6.78. The molecule has 1 atom stereocenters. The molecular weight excluding hydrogens is 435 g/mol. The SMILES string of the molecule is CCC(C(=O)NC)N(Cc1ccc(F)cc1)C(=O)CN(c1ccccc1)S(=O)(=O)N(C)C. The van der Waals surface area contributed by atoms with Crippen LogP contribution in [0.15, 0.2) is 54.6 Å². The van der Waals surface area contributed by atoms with Crippen LogP contribution >= 0.6 is 0 Å². The van der Waals surface area contributed by atoms with Crippen LogP contribution in [-0.4, -0.2) is 63.2 Å². The van der Waals surface area contributed by atoms with Gasteiger partial charge >= 0.3 is 10.2 Å². The lowest BCUT2D eigenvalue weighted by Crippen LogP contribution is -2.52. The van der Waals surface area contributed by atoms with Crippen LogP contribution in [0.5, 0.6) is 0 Å². The van der Waals surface area contributed by atoms with E-state index in [1.165, 1.54) is 50.3 Å². The van der Waals surface area contributed by atoms with Crippen LogP contribution in [0.2, 0.25) is 0 Å². The zero-order valence-corrected chi connectivity index (χ0v) is 19.5. The second-order valence-corrected chi connectivity index (χ2v) is 9.39. The van der Waals surface area contributed by atoms with E-state index in [1.54, 1.807) is 37.3 Å². The lowest BCUT2D eigenvalue weighted by atomic mass is 10.1. The number of carbonyl (C=O) groups excluding carboxylic acids is 2. The van der Waals surface area contributed by atoms with Crippen molar-refractivity contribution >= 4 is 27.7 Å². The molecule has 0 radical (unpaired) electrons. The first-order valence-electron chi connectivity index (χ1n) is 10.1. The molecule has 174 valence electrons. The highest BCUT2D eigenvalue weighted by Crippen LogP contribution is 2.21. The molecule has 0 aromatic heterocycles. The molecule has 1 unspecified atom stereocenters. The Morgan fingerprint density at radius 3 is 2.12 bits per heavy atom. The van der Waals surface area contributed by atoms with Gasteiger partial charge in [0.05, 0.1) is 5.69 Å². The second kappa shape index (κ2) is 11.1. The van der Waals surface area contributed by atoms with Gasteiger partial charge in [-0.1, -0.05) is 37.3 Å². The maximum absolute atomic E-state index is 13.4. The first kappa shape index (κ1) is 25.3. The number of para-hydroxylation sites is 1. The maximum atomic E-state index is 13.4. The smallest absolute Gasteiger partial charge is 0.304 e. The van der Waals surface area contributed by atoms with Crippen molar-refractivity contribution < 1.29 is 22.4 Å². The molecule has 10 heteroatoms. The summed E-state index contributed by atoms with van der Waals surface area (Å²) < 4.78 is 41.3. The normalized spacial score (nSPS) is 12.3. The van der Waals surface area contributed by atoms with E-state index in [0.29, 0.717) is 17.7 Å². The Labute approximate surface area is 188 Å². The number of halogens is 1. The van der Waals surface area contributed by atoms with E-state index in [9.17, 15) is 22.4 Å². The summed E-state index contributed by atoms with van der Waals surface area (Å²) in [6.07, 6.45) is 0.318. The van der Waals surface area contributed by atoms with Gasteiger partial charge in [0.1, 0.15) is 18.4 Å². The number of amides is 2. The molecule has 0 fully saturated rings. The third-order valence-electron chi connectivity index (χ3n) is 4.96. The summed E-state index contributed by atoms with van der Waals surface area (Å²) in [7, 11) is 0.243. The van der Waals surface area contributed by atoms with Crippen LogP contribution in [0.3, 0.4) is 0 Å². The molecule has 0 aliphatic heterocycles. The molecule has 0 aliphatic carbocycles. The number of nitrogens with zero attached hydrogens (tertiary/aromatic N) is 3. The summed E-state index contributed by atoms with van der Waals surface area (Å²) >= 11 is 0. The van der Waals surface area contributed by atoms with Gasteiger partial charge in [0, 0.05) is 27.7 Å². The quantitative estimate of drug-likeness (QED) is 0.582. The van der Waals surface area contributed by atoms with Crippen LogP contribution in [0.25, 0.3) is 0 Å². The standard InChI is InChI=1S/C22H29FN4O4S/c1-5-20(22(29)24-2)26(15-17-11-13-18(23)14-12-17)21(28)16-27(32(30,31)25(3)4)19-9-7-6-8-10-19/h6-14,20H,5,15-16H2,1-4H3,(H,24,29). The van der Waals surface area contributed by atoms with E-state index in [0.717, 1.165) is 8.61 Å². The summed E-state index contributed by atoms with van der Waals surface area (Å²) in [4.78, 5) is 27.3. The first-order valence-corrected chi connectivity index (χ1v) is 11.5. The predicted octanol–water partition coefficient (Wildman–Crippen LogP) is 1.99. The number of benzene rings is 2. The number of nitrogens with one attached hydrogen (secondary N) is 1. The average molecular weight is 465 g/mol. The van der Waals surface area contributed by atoms with E-state index < -0.39 is 34.5 Å². The average Bonchev–Trinajstić information content (AvgIpc) is 2.78. The number of hydrogen-bond donors (Lipinski definition) is 1. The van der Waals surface area contributed by atoms with Crippen molar-refractivity contribution in [1.82, 2.24) is 14.5 Å². The molecule has 0 saturated heterocycles. The van der Waals surface area contributed by atoms with Gasteiger partial charge in [-0.2, -0.15) is 12.7 Å². The lowest BCUT2D eigenvalue weighted by Gasteiger charge is -2.33. The molecule has 0 aliphatic rings. The van der Waals surface area contributed by atoms with Gasteiger partial charge in [0.25, 0.3) is 0 Å². The number of anilines is 1. The van der Waals surface area contributed by atoms with Crippen molar-refractivity contribution in [1.29, 1.82) is 0 Å². The second-order valence-electron chi connectivity index (χ2n) is 7.32. The third kappa shape index (κ3) is 6.04. The number of carbonyl (C=O) groups is 2. The molecule has 1 N–H and O–H groups in total. The van der Waals surface area contributed by atoms with Crippen molar-refractivity contribution in [3.63, 3.8) is 0 Å². The van der Waals surface area contributed by atoms with Crippen molar-refractivity contribution in [2.75, 3.05) is 32.0 Å². The van der Waals surface area contributed by atoms with Gasteiger partial charge in [-0.3, -0.25) is 9.59 Å². The topological polar surface area (TPSA) is 90.0 Å². The zero-order chi connectivity index (χ0) is 23.9. The summed E-state index contributed by atoms with van der Waals surface area (Å²) in [6.45, 7) is 1.28. The molecule has 0 bridgehead atoms. The van der Waals surface area contributed by atoms with Crippen LogP contribution in [0, 0.1) is 5.82 Å². The zero-order valence-electron chi connectivity index (χ0n) is 18.7. The predicted molar refractivity (Wildman–Crippen MR) is 121 cm³/mol. The van der Waals surface area contributed by atoms with E-state index >= 15 is 0 Å². The Morgan fingerprint density at radius 1 is 1.03 bits per heavy atom. The lowest BCUT2D eigenvalue weighted by molar-refractivity contribution is -0.140. The Morgan fingerprint density at radius 2 is 1.62 bits per heavy atom. The molecular formula is C22H29FN4O4S. The molecule has 8 nitrogen and oxygen atoms in total. The van der Waals surface area contributed by atoms with Crippen molar-refractivity contribution in [3.8, 4) is 0 Å². The molecule has 2 aromatic rings. The van der Waals surface area contributed by atoms with E-state index in [4.69, 9.17) is 0 Å². The fraction of sp³-hybridized carbons (Fsp3) is 0.364. The van der Waals surface area contributed by atoms with Crippen LogP contribution in [0.4, 0.5) is 10.1 Å². The summed E-state index contributed by atoms with van der Waals surface area (Å²) in [6, 6.07) is 13.0. The minimum Gasteiger partial charge on any atom is -0.357 e. The minimum absolute atomic E-state index is 0.0235. The van der Waals surface area contributed by atoms with Crippen molar-refractivity contribution in [2.24, 2.45) is 0 Å². The van der Waals surface area contributed by atoms with Crippen LogP contribution in [0.1, 0.15) is 18.9 Å². The van der Waals surface area contributed by atoms with Crippen molar-refractivity contribution in [3.05, 3.63) is 66.0 Å². The van der Waals surface area contributed by atoms with Crippen molar-refractivity contribution in [2.45, 2.75) is 25.9 Å². The van der Waals surface area contributed by atoms with E-state index in [2.05, 4.69) is 5.32 Å². The fourth-order valence-electron chi connectivity index (χ4n) is 3.18. The summed E-state index contributed by atoms with van der Waals surface area (Å²) in [5.74, 6) is -1.35. The Balaban J connectivity index is 2.45. The summed E-state index contributed by atoms with van der Waals surface area (Å²) in [5, 5.41) is 2.55. The van der Waals surface area contributed by atoms with Gasteiger partial charge in [-0.25, -0.2) is 8.70 Å². The molecule has 2 aromatic carbocycles. The highest BCUT2D eigenvalue weighted by atomic mass is 32.2. The maximum Gasteiger partial charge on any atom is 0.304 e. The summed E-state index contributed by atoms with van der Waals surface area (Å²) in [5.41, 5.74) is 0.938. The van der Waals surface area contributed by atoms with Gasteiger partial charge in [0.2, 0.25) is 11.8 Å². The fourth-order valence-corrected chi connectivity index (χ4v) is 4.24. The number of likely N-dealkylation sites (N-methyl/N-ethyl adjacent to an activating group) is 1. The molecule has 2 rings (SSSR count). The molecule has 0 spiro atoms. The Kier molecular flexibility index (Phi) is 8.73. The Bertz CT molecular complexity index is 1010. The van der Waals surface area contributed by atoms with E-state index in [-0.39, 0.29) is 12.5 Å². The highest BCUT2D eigenvalue weighted by Gasteiger charge is 2.33. The highest BCUT2D eigenvalue weighted by molar-refractivity contribution is 7.90. The monoisotopic (exact) mass is 464 g/mol. The first-order chi connectivity index (χ1) is 15.1. The van der Waals surface area contributed by atoms with Gasteiger partial charge in [0.15, 0.2) is 0 Å². The molecule has 0 saturated carbocycles. The number of rotatable bonds is 10. The molecule has 32 heavy (non-hydrogen) atoms. The largest absolute Gasteiger partial charge is 0.357 e. The van der Waals surface area contributed by atoms with Gasteiger partial charge < -0.3 is 10.2 Å². The number of hydrogen-bond acceptors (Lipinski definition) is 4. The van der Waals surface area contributed by atoms with E-state index in [1.807, 2.05) is 0 Å². The van der Waals surface area contributed by atoms with Gasteiger partial charge in [-0.05, 0) is 36.2 Å². The van der Waals surface area contributed by atoms with Crippen LogP contribution < -0.4 is 9.62 Å². The van der Waals surface area contributed by atoms with Gasteiger partial charge in [-0.15, -0.1) is 0 Å². The minimum atomic E-state index is -3.99. The molecule has 0 heterocycles. The van der Waals surface area contributed by atoms with Crippen LogP contribution in [-0.2, 0) is 26.3 Å².